The van der Waals surface area contributed by atoms with E-state index in [4.69, 9.17) is 20.7 Å². The summed E-state index contributed by atoms with van der Waals surface area (Å²) in [7, 11) is 0. The number of nitrogens with one attached hydrogen (secondary N) is 3. The molecule has 9 heteroatoms. The molecule has 0 saturated carbocycles. The quantitative estimate of drug-likeness (QED) is 0.0387. The Labute approximate surface area is 266 Å². The number of esters is 1. The van der Waals surface area contributed by atoms with Crippen molar-refractivity contribution in [3.8, 4) is 0 Å². The second kappa shape index (κ2) is 20.5. The Morgan fingerprint density at radius 1 is 0.689 bits per heavy atom. The average molecular weight is 615 g/mol. The van der Waals surface area contributed by atoms with E-state index in [-0.39, 0.29) is 37.8 Å². The van der Waals surface area contributed by atoms with Crippen LogP contribution < -0.4 is 16.5 Å². The Hall–Kier alpha value is -4.50. The summed E-state index contributed by atoms with van der Waals surface area (Å²) in [6.07, 6.45) is 8.61. The molecule has 0 heterocycles. The average Bonchev–Trinajstić information content (AvgIpc) is 3.06. The number of nitrogens with two attached hydrogens (primary N) is 1. The van der Waals surface area contributed by atoms with Gasteiger partial charge in [0.05, 0.1) is 6.61 Å². The molecule has 0 bridgehead atoms. The fraction of sp³-hybridized carbons (Fsp3) is 0.389. The van der Waals surface area contributed by atoms with Crippen LogP contribution in [-0.4, -0.2) is 29.7 Å². The number of carbonyl (C=O) groups excluding carboxylic acids is 3. The number of amides is 2. The summed E-state index contributed by atoms with van der Waals surface area (Å²) < 4.78 is 5.34. The summed E-state index contributed by atoms with van der Waals surface area (Å²) in [6, 6.07) is 25.7. The first-order valence-corrected chi connectivity index (χ1v) is 15.8. The maximum atomic E-state index is 12.9. The number of hydrogen-bond donors (Lipinski definition) is 4. The van der Waals surface area contributed by atoms with Crippen LogP contribution in [0.2, 0.25) is 0 Å². The van der Waals surface area contributed by atoms with Crippen LogP contribution in [0.5, 0.6) is 0 Å². The zero-order valence-electron chi connectivity index (χ0n) is 26.0. The van der Waals surface area contributed by atoms with Crippen LogP contribution in [0, 0.1) is 5.41 Å². The van der Waals surface area contributed by atoms with Crippen LogP contribution in [0.4, 0.5) is 0 Å². The molecule has 3 aromatic rings. The Balaban J connectivity index is 1.33. The van der Waals surface area contributed by atoms with Gasteiger partial charge in [0, 0.05) is 18.4 Å². The lowest BCUT2D eigenvalue weighted by molar-refractivity contribution is -0.146. The summed E-state index contributed by atoms with van der Waals surface area (Å²) in [6.45, 7) is 0.333. The number of benzene rings is 3. The van der Waals surface area contributed by atoms with Gasteiger partial charge in [-0.3, -0.25) is 24.6 Å². The molecular weight excluding hydrogens is 568 g/mol. The first-order chi connectivity index (χ1) is 21.9. The number of amidine groups is 1. The maximum absolute atomic E-state index is 12.9. The lowest BCUT2D eigenvalue weighted by Gasteiger charge is -2.18. The number of aryl methyl sites for hydroxylation is 1. The lowest BCUT2D eigenvalue weighted by atomic mass is 10.0. The summed E-state index contributed by atoms with van der Waals surface area (Å²) in [5.74, 6) is -1.09. The van der Waals surface area contributed by atoms with Gasteiger partial charge in [0.25, 0.3) is 5.91 Å². The monoisotopic (exact) mass is 614 g/mol. The van der Waals surface area contributed by atoms with E-state index >= 15 is 0 Å². The van der Waals surface area contributed by atoms with Gasteiger partial charge in [-0.05, 0) is 42.4 Å². The number of hydroxylamine groups is 1. The normalized spacial score (nSPS) is 11.4. The van der Waals surface area contributed by atoms with Crippen molar-refractivity contribution in [2.75, 3.05) is 0 Å². The van der Waals surface area contributed by atoms with E-state index in [1.807, 2.05) is 84.9 Å². The minimum Gasteiger partial charge on any atom is -0.461 e. The van der Waals surface area contributed by atoms with Gasteiger partial charge in [-0.2, -0.15) is 0 Å². The van der Waals surface area contributed by atoms with E-state index in [2.05, 4.69) is 10.8 Å². The third-order valence-electron chi connectivity index (χ3n) is 7.42. The Bertz CT molecular complexity index is 1320. The van der Waals surface area contributed by atoms with E-state index in [0.717, 1.165) is 68.1 Å². The van der Waals surface area contributed by atoms with Crippen molar-refractivity contribution >= 4 is 23.6 Å². The molecule has 0 fully saturated rings. The summed E-state index contributed by atoms with van der Waals surface area (Å²) >= 11 is 0. The summed E-state index contributed by atoms with van der Waals surface area (Å²) in [5, 5.41) is 10.3. The highest BCUT2D eigenvalue weighted by Gasteiger charge is 2.22. The molecule has 0 aliphatic rings. The highest BCUT2D eigenvalue weighted by Crippen LogP contribution is 2.13. The predicted molar refractivity (Wildman–Crippen MR) is 175 cm³/mol. The Morgan fingerprint density at radius 3 is 1.89 bits per heavy atom. The third-order valence-corrected chi connectivity index (χ3v) is 7.42. The topological polar surface area (TPSA) is 144 Å². The van der Waals surface area contributed by atoms with Gasteiger partial charge in [-0.25, -0.2) is 5.48 Å². The van der Waals surface area contributed by atoms with Crippen LogP contribution in [-0.2, 0) is 43.6 Å². The molecule has 0 unspecified atom stereocenters. The fourth-order valence-electron chi connectivity index (χ4n) is 4.79. The van der Waals surface area contributed by atoms with Gasteiger partial charge in [0.2, 0.25) is 5.91 Å². The smallest absolute Gasteiger partial charge is 0.306 e. The zero-order chi connectivity index (χ0) is 32.1. The van der Waals surface area contributed by atoms with E-state index in [1.54, 1.807) is 0 Å². The number of nitrogen functional groups attached to an aromatic ring is 1. The molecule has 9 nitrogen and oxygen atoms in total. The predicted octanol–water partition coefficient (Wildman–Crippen LogP) is 5.89. The highest BCUT2D eigenvalue weighted by atomic mass is 16.6. The molecule has 1 atom stereocenters. The van der Waals surface area contributed by atoms with Crippen LogP contribution in [0.1, 0.15) is 86.5 Å². The first kappa shape index (κ1) is 35.0. The van der Waals surface area contributed by atoms with Gasteiger partial charge in [-0.1, -0.05) is 117 Å². The molecule has 0 saturated heterocycles. The van der Waals surface area contributed by atoms with Crippen molar-refractivity contribution in [1.29, 1.82) is 5.41 Å². The minimum absolute atomic E-state index is 0.0202. The van der Waals surface area contributed by atoms with Crippen molar-refractivity contribution in [1.82, 2.24) is 10.8 Å². The van der Waals surface area contributed by atoms with Crippen LogP contribution in [0.25, 0.3) is 0 Å². The minimum atomic E-state index is -0.920. The van der Waals surface area contributed by atoms with Gasteiger partial charge in [0.15, 0.2) is 0 Å². The van der Waals surface area contributed by atoms with Gasteiger partial charge in [-0.15, -0.1) is 0 Å². The highest BCUT2D eigenvalue weighted by molar-refractivity contribution is 5.94. The standard InChI is InChI=1S/C36H46N4O5/c37-35(38)31-22-20-28(21-23-31)14-8-4-2-1-3-5-13-19-33(41)39-32(36(43)40-45-27-30-17-11-7-12-18-30)24-25-34(42)44-26-29-15-9-6-10-16-29/h6-7,9-12,15-18,20-23,32H,1-5,8,13-14,19,24-27H2,(H3,37,38)(H,39,41)(H,40,43)/t32-/m1/s1. The van der Waals surface area contributed by atoms with Crippen LogP contribution in [0.15, 0.2) is 84.9 Å². The number of rotatable bonds is 21. The number of hydrogen-bond acceptors (Lipinski definition) is 6. The molecule has 3 aromatic carbocycles. The Kier molecular flexibility index (Phi) is 15.9. The molecule has 2 amide bonds. The SMILES string of the molecule is N=C(N)c1ccc(CCCCCCCCCC(=O)N[C@H](CCC(=O)OCc2ccccc2)C(=O)NOCc2ccccc2)cc1. The molecule has 0 aliphatic carbocycles. The van der Waals surface area contributed by atoms with E-state index < -0.39 is 17.9 Å². The van der Waals surface area contributed by atoms with Crippen molar-refractivity contribution in [2.24, 2.45) is 5.73 Å². The molecule has 0 aromatic heterocycles. The largest absolute Gasteiger partial charge is 0.461 e. The molecular formula is C36H46N4O5. The summed E-state index contributed by atoms with van der Waals surface area (Å²) in [5.41, 5.74) is 11.7. The molecule has 0 spiro atoms. The van der Waals surface area contributed by atoms with Crippen molar-refractivity contribution in [3.63, 3.8) is 0 Å². The first-order valence-electron chi connectivity index (χ1n) is 15.8. The number of carbonyl (C=O) groups is 3. The molecule has 45 heavy (non-hydrogen) atoms. The van der Waals surface area contributed by atoms with Gasteiger partial charge >= 0.3 is 5.97 Å². The lowest BCUT2D eigenvalue weighted by Crippen LogP contribution is -2.46. The third kappa shape index (κ3) is 14.7. The molecule has 0 radical (unpaired) electrons. The van der Waals surface area contributed by atoms with Crippen LogP contribution >= 0.6 is 0 Å². The molecule has 5 N–H and O–H groups in total. The second-order valence-corrected chi connectivity index (χ2v) is 11.1. The fourth-order valence-corrected chi connectivity index (χ4v) is 4.79. The number of ether oxygens (including phenoxy) is 1. The van der Waals surface area contributed by atoms with E-state index in [1.165, 1.54) is 5.56 Å². The van der Waals surface area contributed by atoms with E-state index in [0.29, 0.717) is 6.42 Å². The molecule has 240 valence electrons. The van der Waals surface area contributed by atoms with Gasteiger partial charge < -0.3 is 15.8 Å². The van der Waals surface area contributed by atoms with E-state index in [9.17, 15) is 14.4 Å². The molecule has 0 aliphatic heterocycles. The Morgan fingerprint density at radius 2 is 1.27 bits per heavy atom. The second-order valence-electron chi connectivity index (χ2n) is 11.1. The van der Waals surface area contributed by atoms with Gasteiger partial charge in [0.1, 0.15) is 18.5 Å². The van der Waals surface area contributed by atoms with Crippen molar-refractivity contribution in [3.05, 3.63) is 107 Å². The van der Waals surface area contributed by atoms with Crippen molar-refractivity contribution in [2.45, 2.75) is 89.9 Å². The summed E-state index contributed by atoms with van der Waals surface area (Å²) in [4.78, 5) is 43.3. The molecule has 3 rings (SSSR count). The zero-order valence-corrected chi connectivity index (χ0v) is 26.0. The number of unbranched alkanes of at least 4 members (excludes halogenated alkanes) is 6. The van der Waals surface area contributed by atoms with Crippen LogP contribution in [0.3, 0.4) is 0 Å². The maximum Gasteiger partial charge on any atom is 0.306 e. The van der Waals surface area contributed by atoms with Crippen molar-refractivity contribution < 1.29 is 24.0 Å².